The average molecular weight is 364 g/mol. The first kappa shape index (κ1) is 16.4. The smallest absolute Gasteiger partial charge is 0.318 e. The van der Waals surface area contributed by atoms with E-state index in [0.29, 0.717) is 16.0 Å². The van der Waals surface area contributed by atoms with Gasteiger partial charge in [-0.05, 0) is 12.3 Å². The lowest BCUT2D eigenvalue weighted by Crippen LogP contribution is -2.18. The molecule has 0 radical (unpaired) electrons. The highest BCUT2D eigenvalue weighted by atomic mass is 32.2. The molecule has 10 heteroatoms. The molecule has 0 unspecified atom stereocenters. The number of thiazole rings is 1. The molecule has 0 saturated heterocycles. The molecular formula is C14H12N4O4S2. The number of hydrogen-bond donors (Lipinski definition) is 0. The van der Waals surface area contributed by atoms with E-state index in [4.69, 9.17) is 4.52 Å². The molecule has 1 aromatic carbocycles. The van der Waals surface area contributed by atoms with Crippen molar-refractivity contribution in [2.45, 2.75) is 6.54 Å². The maximum Gasteiger partial charge on any atom is 0.318 e. The van der Waals surface area contributed by atoms with E-state index in [2.05, 4.69) is 10.1 Å². The van der Waals surface area contributed by atoms with Crippen LogP contribution < -0.4 is 4.80 Å². The maximum absolute atomic E-state index is 12.1. The zero-order valence-corrected chi connectivity index (χ0v) is 14.2. The van der Waals surface area contributed by atoms with Crippen molar-refractivity contribution in [3.63, 3.8) is 0 Å². The van der Waals surface area contributed by atoms with Crippen LogP contribution in [-0.4, -0.2) is 32.6 Å². The summed E-state index contributed by atoms with van der Waals surface area (Å²) >= 11 is 2.89. The number of fused-ring (bicyclic) bond motifs is 1. The zero-order valence-electron chi connectivity index (χ0n) is 12.5. The summed E-state index contributed by atoms with van der Waals surface area (Å²) in [6.45, 7) is 0.640. The molecule has 24 heavy (non-hydrogen) atoms. The highest BCUT2D eigenvalue weighted by Gasteiger charge is 2.14. The van der Waals surface area contributed by atoms with E-state index >= 15 is 0 Å². The van der Waals surface area contributed by atoms with E-state index in [9.17, 15) is 14.9 Å². The molecule has 2 aromatic heterocycles. The molecule has 0 fully saturated rings. The Morgan fingerprint density at radius 1 is 1.50 bits per heavy atom. The number of nitrogens with zero attached hydrogens (tertiary/aromatic N) is 4. The summed E-state index contributed by atoms with van der Waals surface area (Å²) in [6, 6.07) is 6.07. The van der Waals surface area contributed by atoms with Crippen molar-refractivity contribution in [3.8, 4) is 0 Å². The Labute approximate surface area is 143 Å². The van der Waals surface area contributed by atoms with Gasteiger partial charge in [0.1, 0.15) is 0 Å². The predicted molar refractivity (Wildman–Crippen MR) is 91.2 cm³/mol. The second-order valence-electron chi connectivity index (χ2n) is 4.73. The summed E-state index contributed by atoms with van der Waals surface area (Å²) in [5, 5.41) is 14.4. The van der Waals surface area contributed by atoms with E-state index in [0.717, 1.165) is 11.3 Å². The third-order valence-corrected chi connectivity index (χ3v) is 4.87. The van der Waals surface area contributed by atoms with Gasteiger partial charge in [-0.1, -0.05) is 16.5 Å². The Bertz CT molecular complexity index is 959. The number of aryl methyl sites for hydroxylation is 1. The van der Waals surface area contributed by atoms with Crippen molar-refractivity contribution in [2.24, 2.45) is 4.99 Å². The van der Waals surface area contributed by atoms with Gasteiger partial charge in [-0.2, -0.15) is 16.8 Å². The van der Waals surface area contributed by atoms with E-state index in [1.165, 1.54) is 35.7 Å². The van der Waals surface area contributed by atoms with E-state index in [-0.39, 0.29) is 11.4 Å². The molecule has 0 saturated carbocycles. The normalized spacial score (nSPS) is 12.0. The molecule has 124 valence electrons. The van der Waals surface area contributed by atoms with Gasteiger partial charge in [0.15, 0.2) is 4.80 Å². The lowest BCUT2D eigenvalue weighted by Gasteiger charge is -2.03. The van der Waals surface area contributed by atoms with Crippen LogP contribution >= 0.6 is 23.1 Å². The van der Waals surface area contributed by atoms with Gasteiger partial charge in [-0.3, -0.25) is 14.9 Å². The fraction of sp³-hybridized carbons (Fsp3) is 0.214. The summed E-state index contributed by atoms with van der Waals surface area (Å²) in [5.41, 5.74) is 0.817. The van der Waals surface area contributed by atoms with Crippen molar-refractivity contribution in [3.05, 3.63) is 51.1 Å². The standard InChI is InChI=1S/C14H12N4O4S2/c1-23-7-6-17-10-3-2-9(18(20)21)8-12(10)24-14(17)16-13(19)11-4-5-15-22-11/h2-5,8H,6-7H2,1H3. The van der Waals surface area contributed by atoms with Crippen molar-refractivity contribution in [1.29, 1.82) is 0 Å². The second-order valence-corrected chi connectivity index (χ2v) is 6.73. The largest absolute Gasteiger partial charge is 0.351 e. The van der Waals surface area contributed by atoms with Crippen LogP contribution in [0.3, 0.4) is 0 Å². The highest BCUT2D eigenvalue weighted by Crippen LogP contribution is 2.23. The number of non-ortho nitro benzene ring substituents is 1. The molecule has 1 amide bonds. The topological polar surface area (TPSA) is 104 Å². The number of hydrogen-bond acceptors (Lipinski definition) is 7. The molecule has 0 aliphatic carbocycles. The maximum atomic E-state index is 12.1. The quantitative estimate of drug-likeness (QED) is 0.509. The third kappa shape index (κ3) is 3.24. The molecule has 3 rings (SSSR count). The van der Waals surface area contributed by atoms with Gasteiger partial charge in [-0.25, -0.2) is 0 Å². The molecule has 0 aliphatic rings. The lowest BCUT2D eigenvalue weighted by atomic mass is 10.3. The SMILES string of the molecule is CSCCn1c(=NC(=O)c2ccno2)sc2cc([N+](=O)[O-])ccc21. The molecule has 3 aromatic rings. The van der Waals surface area contributed by atoms with Gasteiger partial charge in [0, 0.05) is 30.5 Å². The number of carbonyl (C=O) groups is 1. The Kier molecular flexibility index (Phi) is 4.76. The number of aromatic nitrogens is 2. The number of thioether (sulfide) groups is 1. The Balaban J connectivity index is 2.14. The van der Waals surface area contributed by atoms with E-state index in [1.807, 2.05) is 10.8 Å². The first-order valence-electron chi connectivity index (χ1n) is 6.86. The molecule has 0 atom stereocenters. The van der Waals surface area contributed by atoms with Crippen LogP contribution in [0.25, 0.3) is 10.2 Å². The third-order valence-electron chi connectivity index (χ3n) is 3.24. The van der Waals surface area contributed by atoms with Crippen LogP contribution in [0.2, 0.25) is 0 Å². The van der Waals surface area contributed by atoms with Gasteiger partial charge in [-0.15, -0.1) is 0 Å². The Morgan fingerprint density at radius 3 is 3.00 bits per heavy atom. The van der Waals surface area contributed by atoms with Crippen molar-refractivity contribution in [2.75, 3.05) is 12.0 Å². The molecule has 0 N–H and O–H groups in total. The molecule has 8 nitrogen and oxygen atoms in total. The summed E-state index contributed by atoms with van der Waals surface area (Å²) in [7, 11) is 0. The Hall–Kier alpha value is -2.46. The highest BCUT2D eigenvalue weighted by molar-refractivity contribution is 7.98. The first-order chi connectivity index (χ1) is 11.6. The van der Waals surface area contributed by atoms with Crippen molar-refractivity contribution < 1.29 is 14.2 Å². The number of benzene rings is 1. The van der Waals surface area contributed by atoms with Gasteiger partial charge in [0.05, 0.1) is 21.3 Å². The Morgan fingerprint density at radius 2 is 2.33 bits per heavy atom. The summed E-state index contributed by atoms with van der Waals surface area (Å²) in [5.74, 6) is 0.341. The minimum Gasteiger partial charge on any atom is -0.351 e. The zero-order chi connectivity index (χ0) is 17.1. The predicted octanol–water partition coefficient (Wildman–Crippen LogP) is 2.70. The molecule has 0 aliphatic heterocycles. The monoisotopic (exact) mass is 364 g/mol. The number of nitro benzene ring substituents is 1. The van der Waals surface area contributed by atoms with Crippen LogP contribution in [0.15, 0.2) is 40.0 Å². The van der Waals surface area contributed by atoms with E-state index < -0.39 is 10.8 Å². The molecular weight excluding hydrogens is 352 g/mol. The number of amides is 1. The van der Waals surface area contributed by atoms with Gasteiger partial charge in [0.25, 0.3) is 5.69 Å². The summed E-state index contributed by atoms with van der Waals surface area (Å²) in [4.78, 5) is 27.2. The van der Waals surface area contributed by atoms with Crippen LogP contribution in [-0.2, 0) is 6.54 Å². The average Bonchev–Trinajstić information content (AvgIpc) is 3.20. The van der Waals surface area contributed by atoms with Crippen LogP contribution in [0.4, 0.5) is 5.69 Å². The van der Waals surface area contributed by atoms with Gasteiger partial charge >= 0.3 is 5.91 Å². The van der Waals surface area contributed by atoms with Crippen molar-refractivity contribution in [1.82, 2.24) is 9.72 Å². The molecule has 2 heterocycles. The van der Waals surface area contributed by atoms with Crippen LogP contribution in [0.5, 0.6) is 0 Å². The van der Waals surface area contributed by atoms with Gasteiger partial charge in [0.2, 0.25) is 5.76 Å². The number of nitro groups is 1. The minimum atomic E-state index is -0.536. The van der Waals surface area contributed by atoms with Crippen LogP contribution in [0.1, 0.15) is 10.6 Å². The second kappa shape index (κ2) is 6.97. The fourth-order valence-electron chi connectivity index (χ4n) is 2.13. The summed E-state index contributed by atoms with van der Waals surface area (Å²) < 4.78 is 7.41. The van der Waals surface area contributed by atoms with Crippen LogP contribution in [0, 0.1) is 10.1 Å². The lowest BCUT2D eigenvalue weighted by molar-refractivity contribution is -0.384. The van der Waals surface area contributed by atoms with Crippen molar-refractivity contribution >= 4 is 44.9 Å². The molecule has 0 spiro atoms. The minimum absolute atomic E-state index is 0.00822. The fourth-order valence-corrected chi connectivity index (χ4v) is 3.58. The number of carbonyl (C=O) groups excluding carboxylic acids is 1. The van der Waals surface area contributed by atoms with Gasteiger partial charge < -0.3 is 9.09 Å². The molecule has 0 bridgehead atoms. The summed E-state index contributed by atoms with van der Waals surface area (Å²) in [6.07, 6.45) is 3.36. The number of rotatable bonds is 5. The first-order valence-corrected chi connectivity index (χ1v) is 9.07. The van der Waals surface area contributed by atoms with E-state index in [1.54, 1.807) is 17.8 Å².